The summed E-state index contributed by atoms with van der Waals surface area (Å²) in [5, 5.41) is 4.32. The van der Waals surface area contributed by atoms with Crippen LogP contribution in [0.25, 0.3) is 0 Å². The van der Waals surface area contributed by atoms with E-state index in [2.05, 4.69) is 19.2 Å². The molecule has 0 bridgehead atoms. The first-order valence-corrected chi connectivity index (χ1v) is 5.66. The summed E-state index contributed by atoms with van der Waals surface area (Å²) in [6.07, 6.45) is 0. The third kappa shape index (κ3) is 5.80. The van der Waals surface area contributed by atoms with Crippen molar-refractivity contribution < 1.29 is 4.74 Å². The molecule has 1 N–H and O–H groups in total. The van der Waals surface area contributed by atoms with Crippen LogP contribution in [0.15, 0.2) is 18.2 Å². The van der Waals surface area contributed by atoms with Crippen LogP contribution in [0.3, 0.4) is 0 Å². The van der Waals surface area contributed by atoms with Crippen molar-refractivity contribution >= 4 is 35.6 Å². The number of rotatable bonds is 5. The van der Waals surface area contributed by atoms with E-state index in [4.69, 9.17) is 27.9 Å². The Bertz CT molecular complexity index is 318. The highest BCUT2D eigenvalue weighted by atomic mass is 35.5. The summed E-state index contributed by atoms with van der Waals surface area (Å²) in [6.45, 7) is 5.63. The summed E-state index contributed by atoms with van der Waals surface area (Å²) in [6, 6.07) is 5.74. The maximum atomic E-state index is 5.85. The Hall–Kier alpha value is -0.150. The van der Waals surface area contributed by atoms with Gasteiger partial charge in [0, 0.05) is 18.7 Å². The van der Waals surface area contributed by atoms with Crippen LogP contribution in [0.2, 0.25) is 10.0 Å². The molecule has 0 amide bonds. The first kappa shape index (κ1) is 15.9. The maximum absolute atomic E-state index is 5.85. The molecule has 92 valence electrons. The zero-order valence-corrected chi connectivity index (χ0v) is 11.6. The van der Waals surface area contributed by atoms with Gasteiger partial charge in [-0.15, -0.1) is 12.4 Å². The second-order valence-corrected chi connectivity index (χ2v) is 4.35. The van der Waals surface area contributed by atoms with Crippen LogP contribution in [-0.2, 0) is 0 Å². The molecule has 1 rings (SSSR count). The lowest BCUT2D eigenvalue weighted by atomic mass is 10.3. The Morgan fingerprint density at radius 1 is 1.25 bits per heavy atom. The molecular formula is C11H16Cl3NO. The molecule has 1 aromatic carbocycles. The molecule has 0 radical (unpaired) electrons. The summed E-state index contributed by atoms with van der Waals surface area (Å²) in [7, 11) is 0. The highest BCUT2D eigenvalue weighted by molar-refractivity contribution is 6.42. The van der Waals surface area contributed by atoms with E-state index in [1.807, 2.05) is 6.07 Å². The molecule has 0 unspecified atom stereocenters. The minimum Gasteiger partial charge on any atom is -0.492 e. The molecule has 0 saturated carbocycles. The third-order valence-corrected chi connectivity index (χ3v) is 2.55. The van der Waals surface area contributed by atoms with Gasteiger partial charge in [-0.1, -0.05) is 37.0 Å². The zero-order valence-electron chi connectivity index (χ0n) is 9.30. The molecular weight excluding hydrogens is 268 g/mol. The predicted molar refractivity (Wildman–Crippen MR) is 72.3 cm³/mol. The molecule has 0 aliphatic heterocycles. The molecule has 1 aromatic rings. The van der Waals surface area contributed by atoms with E-state index in [1.165, 1.54) is 0 Å². The molecule has 0 aliphatic rings. The Balaban J connectivity index is 0.00000225. The second-order valence-electron chi connectivity index (χ2n) is 3.53. The van der Waals surface area contributed by atoms with Crippen molar-refractivity contribution in [2.24, 2.45) is 0 Å². The zero-order chi connectivity index (χ0) is 11.3. The van der Waals surface area contributed by atoms with Crippen molar-refractivity contribution in [1.82, 2.24) is 5.32 Å². The van der Waals surface area contributed by atoms with Crippen molar-refractivity contribution in [3.05, 3.63) is 28.2 Å². The fourth-order valence-corrected chi connectivity index (χ4v) is 1.37. The number of ether oxygens (including phenoxy) is 1. The van der Waals surface area contributed by atoms with Gasteiger partial charge in [-0.3, -0.25) is 0 Å². The second kappa shape index (κ2) is 8.02. The van der Waals surface area contributed by atoms with E-state index in [0.29, 0.717) is 22.7 Å². The average molecular weight is 285 g/mol. The first-order valence-electron chi connectivity index (χ1n) is 4.91. The Kier molecular flexibility index (Phi) is 7.94. The van der Waals surface area contributed by atoms with E-state index in [-0.39, 0.29) is 12.4 Å². The molecule has 0 saturated heterocycles. The van der Waals surface area contributed by atoms with Crippen LogP contribution < -0.4 is 10.1 Å². The van der Waals surface area contributed by atoms with Gasteiger partial charge in [0.15, 0.2) is 0 Å². The molecule has 0 fully saturated rings. The summed E-state index contributed by atoms with van der Waals surface area (Å²) >= 11 is 11.6. The van der Waals surface area contributed by atoms with Crippen LogP contribution >= 0.6 is 35.6 Å². The third-order valence-electron chi connectivity index (χ3n) is 1.81. The van der Waals surface area contributed by atoms with Gasteiger partial charge >= 0.3 is 0 Å². The SMILES string of the molecule is CC(C)NCCOc1ccc(Cl)c(Cl)c1.Cl. The highest BCUT2D eigenvalue weighted by Gasteiger charge is 2.00. The average Bonchev–Trinajstić information content (AvgIpc) is 2.18. The van der Waals surface area contributed by atoms with Crippen LogP contribution in [0, 0.1) is 0 Å². The van der Waals surface area contributed by atoms with Crippen molar-refractivity contribution in [2.45, 2.75) is 19.9 Å². The number of benzene rings is 1. The van der Waals surface area contributed by atoms with Crippen molar-refractivity contribution in [3.8, 4) is 5.75 Å². The van der Waals surface area contributed by atoms with Gasteiger partial charge in [-0.05, 0) is 12.1 Å². The van der Waals surface area contributed by atoms with Gasteiger partial charge in [0.1, 0.15) is 12.4 Å². The van der Waals surface area contributed by atoms with Crippen LogP contribution in [-0.4, -0.2) is 19.2 Å². The number of hydrogen-bond donors (Lipinski definition) is 1. The lowest BCUT2D eigenvalue weighted by Gasteiger charge is -2.10. The molecule has 2 nitrogen and oxygen atoms in total. The molecule has 0 atom stereocenters. The van der Waals surface area contributed by atoms with E-state index in [9.17, 15) is 0 Å². The normalized spacial score (nSPS) is 10.1. The smallest absolute Gasteiger partial charge is 0.120 e. The van der Waals surface area contributed by atoms with Crippen molar-refractivity contribution in [3.63, 3.8) is 0 Å². The van der Waals surface area contributed by atoms with Gasteiger partial charge in [0.25, 0.3) is 0 Å². The van der Waals surface area contributed by atoms with Crippen molar-refractivity contribution in [2.75, 3.05) is 13.2 Å². The van der Waals surface area contributed by atoms with Gasteiger partial charge < -0.3 is 10.1 Å². The van der Waals surface area contributed by atoms with E-state index in [1.54, 1.807) is 12.1 Å². The maximum Gasteiger partial charge on any atom is 0.120 e. The Morgan fingerprint density at radius 3 is 2.50 bits per heavy atom. The Labute approximate surface area is 113 Å². The number of nitrogens with one attached hydrogen (secondary N) is 1. The van der Waals surface area contributed by atoms with Crippen molar-refractivity contribution in [1.29, 1.82) is 0 Å². The fraction of sp³-hybridized carbons (Fsp3) is 0.455. The molecule has 0 heterocycles. The molecule has 0 aromatic heterocycles. The molecule has 0 aliphatic carbocycles. The fourth-order valence-electron chi connectivity index (χ4n) is 1.08. The molecule has 0 spiro atoms. The van der Waals surface area contributed by atoms with E-state index < -0.39 is 0 Å². The monoisotopic (exact) mass is 283 g/mol. The summed E-state index contributed by atoms with van der Waals surface area (Å²) in [5.41, 5.74) is 0. The predicted octanol–water partition coefficient (Wildman–Crippen LogP) is 3.79. The summed E-state index contributed by atoms with van der Waals surface area (Å²) < 4.78 is 5.49. The van der Waals surface area contributed by atoms with Gasteiger partial charge in [0.2, 0.25) is 0 Å². The van der Waals surface area contributed by atoms with Gasteiger partial charge in [-0.25, -0.2) is 0 Å². The van der Waals surface area contributed by atoms with Crippen LogP contribution in [0.1, 0.15) is 13.8 Å². The minimum absolute atomic E-state index is 0. The largest absolute Gasteiger partial charge is 0.492 e. The lowest BCUT2D eigenvalue weighted by Crippen LogP contribution is -2.27. The van der Waals surface area contributed by atoms with Crippen LogP contribution in [0.5, 0.6) is 5.75 Å². The van der Waals surface area contributed by atoms with Gasteiger partial charge in [0.05, 0.1) is 10.0 Å². The van der Waals surface area contributed by atoms with E-state index in [0.717, 1.165) is 12.3 Å². The number of halogens is 3. The standard InChI is InChI=1S/C11H15Cl2NO.ClH/c1-8(2)14-5-6-15-9-3-4-10(12)11(13)7-9;/h3-4,7-8,14H,5-6H2,1-2H3;1H. The Morgan fingerprint density at radius 2 is 1.94 bits per heavy atom. The van der Waals surface area contributed by atoms with Crippen LogP contribution in [0.4, 0.5) is 0 Å². The lowest BCUT2D eigenvalue weighted by molar-refractivity contribution is 0.309. The van der Waals surface area contributed by atoms with E-state index >= 15 is 0 Å². The topological polar surface area (TPSA) is 21.3 Å². The summed E-state index contributed by atoms with van der Waals surface area (Å²) in [4.78, 5) is 0. The summed E-state index contributed by atoms with van der Waals surface area (Å²) in [5.74, 6) is 0.745. The molecule has 5 heteroatoms. The highest BCUT2D eigenvalue weighted by Crippen LogP contribution is 2.26. The first-order chi connectivity index (χ1) is 7.09. The quantitative estimate of drug-likeness (QED) is 0.831. The minimum atomic E-state index is 0. The molecule has 16 heavy (non-hydrogen) atoms. The number of hydrogen-bond acceptors (Lipinski definition) is 2. The van der Waals surface area contributed by atoms with Gasteiger partial charge in [-0.2, -0.15) is 0 Å².